The molecule has 2 heterocycles. The predicted molar refractivity (Wildman–Crippen MR) is 114 cm³/mol. The zero-order chi connectivity index (χ0) is 17.8. The SMILES string of the molecule is Cc1cc(C)c2sc3c(-c4ccc5ccccc5n4)cc(C)cc3c2c1. The van der Waals surface area contributed by atoms with E-state index in [0.29, 0.717) is 0 Å². The number of thiophene rings is 1. The highest BCUT2D eigenvalue weighted by molar-refractivity contribution is 7.26. The Kier molecular flexibility index (Phi) is 3.38. The molecule has 0 aliphatic heterocycles. The molecular formula is C24H19NS. The van der Waals surface area contributed by atoms with Crippen LogP contribution in [0.4, 0.5) is 0 Å². The Morgan fingerprint density at radius 2 is 1.46 bits per heavy atom. The molecule has 0 saturated heterocycles. The Morgan fingerprint density at radius 3 is 2.31 bits per heavy atom. The minimum atomic E-state index is 1.05. The van der Waals surface area contributed by atoms with Crippen LogP contribution >= 0.6 is 11.3 Å². The van der Waals surface area contributed by atoms with Gasteiger partial charge in [0.2, 0.25) is 0 Å². The second kappa shape index (κ2) is 5.65. The average molecular weight is 353 g/mol. The van der Waals surface area contributed by atoms with Crippen molar-refractivity contribution >= 4 is 42.4 Å². The van der Waals surface area contributed by atoms with Crippen molar-refractivity contribution in [2.45, 2.75) is 20.8 Å². The standard InChI is InChI=1S/C24H19NS/c1-14-10-16(3)23-18(11-14)19-12-15(2)13-20(24(19)26-23)22-9-8-17-6-4-5-7-21(17)25-22/h4-13H,1-3H3. The Morgan fingerprint density at radius 1 is 0.731 bits per heavy atom. The lowest BCUT2D eigenvalue weighted by Gasteiger charge is -2.07. The molecule has 0 radical (unpaired) electrons. The van der Waals surface area contributed by atoms with Gasteiger partial charge in [0.05, 0.1) is 11.2 Å². The maximum absolute atomic E-state index is 4.95. The first-order chi connectivity index (χ1) is 12.6. The van der Waals surface area contributed by atoms with Gasteiger partial charge >= 0.3 is 0 Å². The summed E-state index contributed by atoms with van der Waals surface area (Å²) in [6.07, 6.45) is 0. The van der Waals surface area contributed by atoms with Crippen molar-refractivity contribution in [3.05, 3.63) is 77.4 Å². The lowest BCUT2D eigenvalue weighted by Crippen LogP contribution is -1.86. The molecule has 2 aromatic heterocycles. The van der Waals surface area contributed by atoms with Gasteiger partial charge in [-0.15, -0.1) is 11.3 Å². The van der Waals surface area contributed by atoms with Gasteiger partial charge in [-0.25, -0.2) is 4.98 Å². The highest BCUT2D eigenvalue weighted by atomic mass is 32.1. The molecule has 5 rings (SSSR count). The minimum absolute atomic E-state index is 1.05. The number of aryl methyl sites for hydroxylation is 3. The maximum Gasteiger partial charge on any atom is 0.0724 e. The first kappa shape index (κ1) is 15.5. The molecule has 1 nitrogen and oxygen atoms in total. The molecular weight excluding hydrogens is 334 g/mol. The van der Waals surface area contributed by atoms with Gasteiger partial charge in [0, 0.05) is 31.1 Å². The van der Waals surface area contributed by atoms with E-state index in [0.717, 1.165) is 11.2 Å². The third kappa shape index (κ3) is 2.33. The van der Waals surface area contributed by atoms with Gasteiger partial charge in [-0.2, -0.15) is 0 Å². The van der Waals surface area contributed by atoms with Crippen molar-refractivity contribution < 1.29 is 0 Å². The summed E-state index contributed by atoms with van der Waals surface area (Å²) in [4.78, 5) is 4.95. The fourth-order valence-electron chi connectivity index (χ4n) is 3.88. The van der Waals surface area contributed by atoms with E-state index in [2.05, 4.69) is 81.4 Å². The molecule has 0 fully saturated rings. The van der Waals surface area contributed by atoms with Gasteiger partial charge in [0.15, 0.2) is 0 Å². The van der Waals surface area contributed by atoms with Crippen LogP contribution in [0.1, 0.15) is 16.7 Å². The molecule has 0 bridgehead atoms. The fraction of sp³-hybridized carbons (Fsp3) is 0.125. The largest absolute Gasteiger partial charge is 0.248 e. The van der Waals surface area contributed by atoms with E-state index in [9.17, 15) is 0 Å². The van der Waals surface area contributed by atoms with Gasteiger partial charge < -0.3 is 0 Å². The number of aromatic nitrogens is 1. The number of fused-ring (bicyclic) bond motifs is 4. The summed E-state index contributed by atoms with van der Waals surface area (Å²) in [7, 11) is 0. The van der Waals surface area contributed by atoms with Gasteiger partial charge in [0.1, 0.15) is 0 Å². The summed E-state index contributed by atoms with van der Waals surface area (Å²) in [5, 5.41) is 3.90. The van der Waals surface area contributed by atoms with E-state index in [1.807, 2.05) is 11.3 Å². The van der Waals surface area contributed by atoms with Crippen molar-refractivity contribution in [1.29, 1.82) is 0 Å². The van der Waals surface area contributed by atoms with Crippen molar-refractivity contribution in [1.82, 2.24) is 4.98 Å². The number of hydrogen-bond acceptors (Lipinski definition) is 2. The van der Waals surface area contributed by atoms with Crippen molar-refractivity contribution in [3.63, 3.8) is 0 Å². The van der Waals surface area contributed by atoms with Crippen LogP contribution in [0.3, 0.4) is 0 Å². The summed E-state index contributed by atoms with van der Waals surface area (Å²) in [6.45, 7) is 6.57. The van der Waals surface area contributed by atoms with Gasteiger partial charge in [-0.1, -0.05) is 35.9 Å². The number of rotatable bonds is 1. The molecule has 126 valence electrons. The molecule has 0 N–H and O–H groups in total. The molecule has 0 spiro atoms. The highest BCUT2D eigenvalue weighted by Crippen LogP contribution is 2.42. The van der Waals surface area contributed by atoms with E-state index in [4.69, 9.17) is 4.98 Å². The molecule has 0 saturated carbocycles. The Balaban J connectivity index is 1.88. The zero-order valence-corrected chi connectivity index (χ0v) is 15.9. The summed E-state index contributed by atoms with van der Waals surface area (Å²) < 4.78 is 2.72. The minimum Gasteiger partial charge on any atom is -0.248 e. The Bertz CT molecular complexity index is 1310. The van der Waals surface area contributed by atoms with Crippen molar-refractivity contribution in [3.8, 4) is 11.3 Å². The molecule has 0 amide bonds. The molecule has 0 aliphatic rings. The third-order valence-electron chi connectivity index (χ3n) is 5.02. The number of nitrogens with zero attached hydrogens (tertiary/aromatic N) is 1. The summed E-state index contributed by atoms with van der Waals surface area (Å²) in [5.74, 6) is 0. The average Bonchev–Trinajstić information content (AvgIpc) is 2.99. The van der Waals surface area contributed by atoms with Crippen LogP contribution in [0.2, 0.25) is 0 Å². The number of pyridine rings is 1. The van der Waals surface area contributed by atoms with Crippen LogP contribution in [0, 0.1) is 20.8 Å². The second-order valence-electron chi connectivity index (χ2n) is 7.14. The monoisotopic (exact) mass is 353 g/mol. The predicted octanol–water partition coefficient (Wildman–Crippen LogP) is 7.19. The number of benzene rings is 3. The first-order valence-electron chi connectivity index (χ1n) is 8.90. The van der Waals surface area contributed by atoms with Crippen LogP contribution in [-0.2, 0) is 0 Å². The lowest BCUT2D eigenvalue weighted by atomic mass is 10.0. The zero-order valence-electron chi connectivity index (χ0n) is 15.1. The van der Waals surface area contributed by atoms with Crippen molar-refractivity contribution in [2.24, 2.45) is 0 Å². The maximum atomic E-state index is 4.95. The van der Waals surface area contributed by atoms with Crippen LogP contribution < -0.4 is 0 Å². The van der Waals surface area contributed by atoms with E-state index in [-0.39, 0.29) is 0 Å². The van der Waals surface area contributed by atoms with Gasteiger partial charge in [0.25, 0.3) is 0 Å². The third-order valence-corrected chi connectivity index (χ3v) is 6.41. The molecule has 2 heteroatoms. The molecule has 5 aromatic rings. The van der Waals surface area contributed by atoms with Crippen LogP contribution in [0.25, 0.3) is 42.3 Å². The normalized spacial score (nSPS) is 11.7. The van der Waals surface area contributed by atoms with Crippen LogP contribution in [0.5, 0.6) is 0 Å². The van der Waals surface area contributed by atoms with Crippen LogP contribution in [0.15, 0.2) is 60.7 Å². The highest BCUT2D eigenvalue weighted by Gasteiger charge is 2.14. The summed E-state index contributed by atoms with van der Waals surface area (Å²) in [6, 6.07) is 21.8. The molecule has 3 aromatic carbocycles. The molecule has 0 aliphatic carbocycles. The van der Waals surface area contributed by atoms with Crippen molar-refractivity contribution in [2.75, 3.05) is 0 Å². The van der Waals surface area contributed by atoms with Gasteiger partial charge in [-0.3, -0.25) is 0 Å². The van der Waals surface area contributed by atoms with E-state index in [1.165, 1.54) is 47.8 Å². The lowest BCUT2D eigenvalue weighted by molar-refractivity contribution is 1.40. The quantitative estimate of drug-likeness (QED) is 0.310. The van der Waals surface area contributed by atoms with Crippen LogP contribution in [-0.4, -0.2) is 4.98 Å². The fourth-order valence-corrected chi connectivity index (χ4v) is 5.14. The smallest absolute Gasteiger partial charge is 0.0724 e. The second-order valence-corrected chi connectivity index (χ2v) is 8.16. The van der Waals surface area contributed by atoms with E-state index in [1.54, 1.807) is 0 Å². The Hall–Kier alpha value is -2.71. The Labute approximate surface area is 156 Å². The molecule has 26 heavy (non-hydrogen) atoms. The first-order valence-corrected chi connectivity index (χ1v) is 9.72. The van der Waals surface area contributed by atoms with Gasteiger partial charge in [-0.05, 0) is 62.2 Å². The molecule has 0 atom stereocenters. The summed E-state index contributed by atoms with van der Waals surface area (Å²) in [5.41, 5.74) is 7.30. The van der Waals surface area contributed by atoms with E-state index < -0.39 is 0 Å². The number of hydrogen-bond donors (Lipinski definition) is 0. The topological polar surface area (TPSA) is 12.9 Å². The van der Waals surface area contributed by atoms with E-state index >= 15 is 0 Å². The number of para-hydroxylation sites is 1. The molecule has 0 unspecified atom stereocenters. The summed E-state index contributed by atoms with van der Waals surface area (Å²) >= 11 is 1.89.